The molecule has 4 bridgehead atoms. The summed E-state index contributed by atoms with van der Waals surface area (Å²) in [5.41, 5.74) is -1.69. The third kappa shape index (κ3) is 22.1. The molecule has 0 radical (unpaired) electrons. The predicted octanol–water partition coefficient (Wildman–Crippen LogP) is 6.53. The number of Topliss-reactive ketones (excluding diaryl/α,β-unsaturated/α-hetero) is 1. The van der Waals surface area contributed by atoms with Gasteiger partial charge in [0.25, 0.3) is 23.6 Å². The molecule has 4 atom stereocenters. The Hall–Kier alpha value is -10.6. The molecule has 9 aromatic rings. The summed E-state index contributed by atoms with van der Waals surface area (Å²) < 4.78 is 293. The second kappa shape index (κ2) is 40.7. The van der Waals surface area contributed by atoms with Crippen LogP contribution in [-0.4, -0.2) is 209 Å². The minimum absolute atomic E-state index is 0. The van der Waals surface area contributed by atoms with Crippen LogP contribution in [0.3, 0.4) is 0 Å². The van der Waals surface area contributed by atoms with Gasteiger partial charge in [0.05, 0.1) is 41.9 Å². The Morgan fingerprint density at radius 2 is 0.701 bits per heavy atom. The number of nitrogens with zero attached hydrogens (tertiary/aromatic N) is 7. The van der Waals surface area contributed by atoms with E-state index in [-0.39, 0.29) is 168 Å². The Morgan fingerprint density at radius 3 is 1.07 bits per heavy atom. The molecule has 7 aliphatic rings. The summed E-state index contributed by atoms with van der Waals surface area (Å²) >= 11 is 0. The van der Waals surface area contributed by atoms with E-state index in [1.54, 1.807) is 20.8 Å². The van der Waals surface area contributed by atoms with Gasteiger partial charge in [0.1, 0.15) is 51.6 Å². The van der Waals surface area contributed by atoms with E-state index in [0.29, 0.717) is 64.1 Å². The van der Waals surface area contributed by atoms with Crippen molar-refractivity contribution < 1.29 is 152 Å². The fourth-order valence-electron chi connectivity index (χ4n) is 16.6. The van der Waals surface area contributed by atoms with E-state index < -0.39 is 244 Å². The Kier molecular flexibility index (Phi) is 33.0. The van der Waals surface area contributed by atoms with Crippen LogP contribution in [0, 0.1) is 101 Å². The number of hydrogen-bond donors (Lipinski definition) is 6. The number of aliphatic hydroxyl groups is 1. The Morgan fingerprint density at radius 1 is 0.410 bits per heavy atom. The SMILES string of the molecule is C.CC1(N)CN(S(C)(=O)=O)CCc2cc(F)c(F)cc21.CC1(O)CN(S(C)(=O)=O)CCc2cc(F)c(F)cc21.CS(=O)(=O)N1CCc2cc(F)c(F)cc2C(=O)C1.C[C@@]12CN(CCc3cc(F)c(F)cc31)C(=O)c1c(O)c(=O)c(C(=O)NCc3c(F)cc(F)cc3F)cn12.C[C@]12CN(CCc3cc(F)c(F)cc31)C(=O)c1c(O)c(=O)c(C(=O)NCc3c(F)cc(F)cc3F)cn12.[Br-].[CH3-].[Mg+2]. The Bertz CT molecular complexity index is 6380. The average molecular weight is 2030 g/mol. The third-order valence-corrected chi connectivity index (χ3v) is 27.0. The Labute approximate surface area is 783 Å². The van der Waals surface area contributed by atoms with Gasteiger partial charge in [-0.25, -0.2) is 95.5 Å². The smallest absolute Gasteiger partial charge is 1.00 e. The van der Waals surface area contributed by atoms with E-state index in [2.05, 4.69) is 10.6 Å². The monoisotopic (exact) mass is 2030 g/mol. The normalized spacial score (nSPS) is 19.5. The molecule has 0 saturated heterocycles. The predicted molar refractivity (Wildman–Crippen MR) is 451 cm³/mol. The van der Waals surface area contributed by atoms with E-state index >= 15 is 0 Å². The van der Waals surface area contributed by atoms with Crippen molar-refractivity contribution in [3.8, 4) is 11.5 Å². The number of ketones is 1. The fourth-order valence-corrected chi connectivity index (χ4v) is 19.2. The van der Waals surface area contributed by atoms with Crippen LogP contribution in [0.5, 0.6) is 11.5 Å². The van der Waals surface area contributed by atoms with Crippen LogP contribution < -0.4 is 44.2 Å². The van der Waals surface area contributed by atoms with Gasteiger partial charge in [-0.15, -0.1) is 0 Å². The maximum absolute atomic E-state index is 14.3. The number of carbonyl (C=O) groups is 5. The zero-order valence-electron chi connectivity index (χ0n) is 71.5. The number of rotatable bonds is 9. The molecule has 4 amide bonds. The number of carbonyl (C=O) groups excluding carboxylic acids is 5. The van der Waals surface area contributed by atoms with Crippen LogP contribution >= 0.6 is 0 Å². The number of β-amino-alcohol motifs (C(OH)–C–C–N with tert-alkyl or cyclic N) is 1. The summed E-state index contributed by atoms with van der Waals surface area (Å²) in [7, 11) is -10.4. The van der Waals surface area contributed by atoms with Crippen molar-refractivity contribution in [2.75, 3.05) is 84.2 Å². The van der Waals surface area contributed by atoms with Crippen LogP contribution in [0.1, 0.15) is 148 Å². The second-order valence-corrected chi connectivity index (χ2v) is 38.7. The molecule has 7 aromatic carbocycles. The van der Waals surface area contributed by atoms with E-state index in [0.717, 1.165) is 110 Å². The van der Waals surface area contributed by atoms with Crippen LogP contribution in [0.2, 0.25) is 0 Å². The van der Waals surface area contributed by atoms with Crippen LogP contribution in [0.4, 0.5) is 70.2 Å². The number of fused-ring (bicyclic) bond motifs is 15. The zero-order chi connectivity index (χ0) is 96.0. The molecule has 26 nitrogen and oxygen atoms in total. The summed E-state index contributed by atoms with van der Waals surface area (Å²) in [6.07, 6.45) is 6.21. The summed E-state index contributed by atoms with van der Waals surface area (Å²) in [4.78, 5) is 92.2. The molecule has 47 heteroatoms. The molecular weight excluding hydrogens is 1950 g/mol. The van der Waals surface area contributed by atoms with Crippen molar-refractivity contribution in [2.45, 2.75) is 103 Å². The Balaban J connectivity index is 0.000000213. The number of amides is 4. The largest absolute Gasteiger partial charge is 2.00 e. The first-order valence-electron chi connectivity index (χ1n) is 39.1. The zero-order valence-corrected chi connectivity index (χ0v) is 76.9. The molecule has 7 aliphatic heterocycles. The third-order valence-electron chi connectivity index (χ3n) is 23.3. The molecule has 0 aliphatic carbocycles. The number of pyridine rings is 2. The van der Waals surface area contributed by atoms with Crippen LogP contribution in [0.15, 0.2) is 107 Å². The van der Waals surface area contributed by atoms with E-state index in [1.165, 1.54) is 21.0 Å². The van der Waals surface area contributed by atoms with Gasteiger partial charge in [-0.3, -0.25) is 33.6 Å². The fraction of sp³-hybridized carbons (Fsp3) is 0.333. The van der Waals surface area contributed by atoms with Gasteiger partial charge in [-0.1, -0.05) is 7.43 Å². The average Bonchev–Trinajstić information content (AvgIpc) is 1.31. The van der Waals surface area contributed by atoms with Gasteiger partial charge in [-0.05, 0) is 171 Å². The summed E-state index contributed by atoms with van der Waals surface area (Å²) in [5, 5.41) is 36.1. The van der Waals surface area contributed by atoms with Crippen molar-refractivity contribution in [3.63, 3.8) is 0 Å². The molecule has 2 unspecified atom stereocenters. The van der Waals surface area contributed by atoms with Crippen molar-refractivity contribution in [1.82, 2.24) is 42.5 Å². The van der Waals surface area contributed by atoms with Gasteiger partial charge in [-0.2, -0.15) is 12.9 Å². The number of nitrogens with one attached hydrogen (secondary N) is 2. The van der Waals surface area contributed by atoms with Gasteiger partial charge >= 0.3 is 23.1 Å². The topological polar surface area (TPSA) is 359 Å². The van der Waals surface area contributed by atoms with E-state index in [4.69, 9.17) is 5.73 Å². The standard InChI is InChI=1S/2C25H18F5N3O4.C12H16F2N2O2S.C12H15F2NO3S.C11H11F2NO3S.CH4.CH3.BrH.Mg/c2*1-25-10-32(3-2-11-4-18(29)19(30)7-15(11)25)24(37)20-22(35)21(34)14(9-33(20)25)23(36)31-8-13-16(27)5-12(26)6-17(13)28;1-12(15)7-16(19(2,17)18)4-3-8-5-10(13)11(14)6-9(8)12;1-12(16)7-15(19(2,17)18)4-3-8-5-10(13)11(14)6-9(8)12;1-18(16,17)14-3-2-7-4-9(12)10(13)5-8(7)11(15)6-14;;;;/h2*4-7,9,35H,2-3,8,10H2,1H3,(H,31,36);5-6H,3-4,7,15H2,1-2H3;5-6,16H,3-4,7H2,1-2H3;4-5H,2-3,6H2,1H3;1H4;1H3;1H;/q;;;;;;-1;;+2/p-1/t2*25-;;;;;;;/m10......./s1. The number of halogens is 17. The van der Waals surface area contributed by atoms with Crippen molar-refractivity contribution in [3.05, 3.63) is 308 Å². The van der Waals surface area contributed by atoms with E-state index in [1.807, 2.05) is 0 Å². The van der Waals surface area contributed by atoms with Crippen molar-refractivity contribution in [1.29, 1.82) is 0 Å². The molecule has 16 rings (SSSR count). The molecule has 134 heavy (non-hydrogen) atoms. The first-order chi connectivity index (χ1) is 60.3. The molecule has 7 N–H and O–H groups in total. The van der Waals surface area contributed by atoms with Crippen molar-refractivity contribution in [2.24, 2.45) is 5.73 Å². The van der Waals surface area contributed by atoms with Crippen molar-refractivity contribution >= 4 is 82.5 Å². The maximum Gasteiger partial charge on any atom is 2.00 e. The number of sulfonamides is 3. The molecule has 2 aromatic heterocycles. The molecular formula is C87H85BrF16MgN10O16S3. The second-order valence-electron chi connectivity index (χ2n) is 32.7. The molecule has 9 heterocycles. The first-order valence-corrected chi connectivity index (χ1v) is 44.6. The minimum Gasteiger partial charge on any atom is -1.00 e. The number of aromatic nitrogens is 2. The number of hydrogen-bond acceptors (Lipinski definition) is 17. The van der Waals surface area contributed by atoms with Gasteiger partial charge in [0, 0.05) is 125 Å². The quantitative estimate of drug-likeness (QED) is 0.0508. The maximum atomic E-state index is 14.3. The minimum atomic E-state index is -3.50. The van der Waals surface area contributed by atoms with Gasteiger partial charge in [0.15, 0.2) is 86.8 Å². The number of benzene rings is 7. The summed E-state index contributed by atoms with van der Waals surface area (Å²) in [5.74, 6) is -24.2. The number of aromatic hydroxyl groups is 2. The first kappa shape index (κ1) is 109. The van der Waals surface area contributed by atoms with Crippen LogP contribution in [-0.2, 0) is 97.5 Å². The summed E-state index contributed by atoms with van der Waals surface area (Å²) in [6.45, 7) is 4.76. The van der Waals surface area contributed by atoms with Gasteiger partial charge < -0.3 is 75.0 Å². The van der Waals surface area contributed by atoms with Crippen LogP contribution in [0.25, 0.3) is 0 Å². The molecule has 0 saturated carbocycles. The molecule has 718 valence electrons. The van der Waals surface area contributed by atoms with E-state index in [9.17, 15) is 144 Å². The van der Waals surface area contributed by atoms with Gasteiger partial charge in [0.2, 0.25) is 40.9 Å². The molecule has 0 fully saturated rings. The summed E-state index contributed by atoms with van der Waals surface area (Å²) in [6, 6.07) is 11.6. The number of nitrogens with two attached hydrogens (primary N) is 1. The molecule has 0 spiro atoms.